The van der Waals surface area contributed by atoms with Crippen molar-refractivity contribution in [3.63, 3.8) is 0 Å². The summed E-state index contributed by atoms with van der Waals surface area (Å²) in [4.78, 5) is 18.1. The molecule has 0 unspecified atom stereocenters. The second-order valence-electron chi connectivity index (χ2n) is 6.73. The molecular weight excluding hydrogens is 467 g/mol. The largest absolute Gasteiger partial charge is 0.381 e. The van der Waals surface area contributed by atoms with Gasteiger partial charge in [-0.2, -0.15) is 0 Å². The van der Waals surface area contributed by atoms with E-state index in [0.29, 0.717) is 6.42 Å². The molecule has 2 rings (SSSR count). The van der Waals surface area contributed by atoms with Crippen LogP contribution in [0.3, 0.4) is 0 Å². The van der Waals surface area contributed by atoms with Crippen LogP contribution < -0.4 is 10.6 Å². The Morgan fingerprint density at radius 2 is 2.00 bits per heavy atom. The van der Waals surface area contributed by atoms with Gasteiger partial charge >= 0.3 is 0 Å². The van der Waals surface area contributed by atoms with Crippen molar-refractivity contribution in [1.82, 2.24) is 15.5 Å². The molecule has 0 atom stereocenters. The minimum absolute atomic E-state index is 0. The molecule has 0 saturated carbocycles. The number of hydrogen-bond acceptors (Lipinski definition) is 3. The molecule has 0 aliphatic carbocycles. The van der Waals surface area contributed by atoms with Crippen LogP contribution in [0, 0.1) is 0 Å². The van der Waals surface area contributed by atoms with Gasteiger partial charge in [0.1, 0.15) is 0 Å². The van der Waals surface area contributed by atoms with Crippen molar-refractivity contribution in [2.45, 2.75) is 39.0 Å². The first kappa shape index (κ1) is 24.7. The standard InChI is InChI=1S/C21H34N4O2.HI/c1-2-22-21(23-13-7-16-25-15-6-11-20(25)26)24-14-8-17-27-18-12-19-9-4-3-5-10-19;/h3-5,9-10H,2,6-8,11-18H2,1H3,(H2,22,23,24);1H. The first-order chi connectivity index (χ1) is 13.3. The van der Waals surface area contributed by atoms with Crippen LogP contribution in [0.2, 0.25) is 0 Å². The molecule has 1 fully saturated rings. The van der Waals surface area contributed by atoms with Gasteiger partial charge in [0.25, 0.3) is 0 Å². The summed E-state index contributed by atoms with van der Waals surface area (Å²) in [6.45, 7) is 7.69. The zero-order chi connectivity index (χ0) is 19.2. The molecule has 1 aliphatic heterocycles. The number of halogens is 1. The quantitative estimate of drug-likeness (QED) is 0.200. The Morgan fingerprint density at radius 3 is 2.71 bits per heavy atom. The van der Waals surface area contributed by atoms with E-state index in [9.17, 15) is 4.79 Å². The average Bonchev–Trinajstić information content (AvgIpc) is 3.10. The number of rotatable bonds is 12. The highest BCUT2D eigenvalue weighted by atomic mass is 127. The van der Waals surface area contributed by atoms with Crippen LogP contribution in [0.15, 0.2) is 35.3 Å². The molecule has 7 heteroatoms. The number of nitrogens with one attached hydrogen (secondary N) is 2. The van der Waals surface area contributed by atoms with E-state index in [0.717, 1.165) is 77.6 Å². The molecule has 0 bridgehead atoms. The molecule has 1 saturated heterocycles. The van der Waals surface area contributed by atoms with Crippen molar-refractivity contribution < 1.29 is 9.53 Å². The van der Waals surface area contributed by atoms with Crippen molar-refractivity contribution in [2.75, 3.05) is 45.9 Å². The minimum Gasteiger partial charge on any atom is -0.381 e. The summed E-state index contributed by atoms with van der Waals surface area (Å²) in [5.74, 6) is 1.13. The lowest BCUT2D eigenvalue weighted by molar-refractivity contribution is -0.127. The third-order valence-electron chi connectivity index (χ3n) is 4.51. The SMILES string of the molecule is CCNC(=NCCCN1CCCC1=O)NCCCOCCc1ccccc1.I. The van der Waals surface area contributed by atoms with E-state index >= 15 is 0 Å². The maximum absolute atomic E-state index is 11.6. The van der Waals surface area contributed by atoms with Gasteiger partial charge in [0.2, 0.25) is 5.91 Å². The van der Waals surface area contributed by atoms with Crippen LogP contribution in [0.25, 0.3) is 0 Å². The first-order valence-electron chi connectivity index (χ1n) is 10.2. The van der Waals surface area contributed by atoms with E-state index in [1.807, 2.05) is 11.0 Å². The maximum Gasteiger partial charge on any atom is 0.222 e. The van der Waals surface area contributed by atoms with Crippen molar-refractivity contribution in [2.24, 2.45) is 4.99 Å². The lowest BCUT2D eigenvalue weighted by Crippen LogP contribution is -2.38. The number of guanidine groups is 1. The molecule has 1 aliphatic rings. The summed E-state index contributed by atoms with van der Waals surface area (Å²) in [7, 11) is 0. The third-order valence-corrected chi connectivity index (χ3v) is 4.51. The van der Waals surface area contributed by atoms with Gasteiger partial charge in [-0.1, -0.05) is 30.3 Å². The molecule has 1 aromatic rings. The Balaban J connectivity index is 0.00000392. The Bertz CT molecular complexity index is 569. The van der Waals surface area contributed by atoms with Gasteiger partial charge in [-0.25, -0.2) is 0 Å². The van der Waals surface area contributed by atoms with Gasteiger partial charge in [0, 0.05) is 45.8 Å². The van der Waals surface area contributed by atoms with Crippen molar-refractivity contribution >= 4 is 35.8 Å². The summed E-state index contributed by atoms with van der Waals surface area (Å²) in [5, 5.41) is 6.61. The van der Waals surface area contributed by atoms with Crippen molar-refractivity contribution in [3.8, 4) is 0 Å². The summed E-state index contributed by atoms with van der Waals surface area (Å²) >= 11 is 0. The monoisotopic (exact) mass is 502 g/mol. The predicted octanol–water partition coefficient (Wildman–Crippen LogP) is 2.82. The van der Waals surface area contributed by atoms with Crippen LogP contribution in [0.4, 0.5) is 0 Å². The molecule has 1 aromatic carbocycles. The minimum atomic E-state index is 0. The fourth-order valence-electron chi connectivity index (χ4n) is 3.05. The second-order valence-corrected chi connectivity index (χ2v) is 6.73. The van der Waals surface area contributed by atoms with Gasteiger partial charge < -0.3 is 20.3 Å². The molecule has 0 spiro atoms. The molecule has 1 heterocycles. The average molecular weight is 502 g/mol. The lowest BCUT2D eigenvalue weighted by Gasteiger charge is -2.15. The summed E-state index contributed by atoms with van der Waals surface area (Å²) in [6, 6.07) is 10.4. The van der Waals surface area contributed by atoms with E-state index in [4.69, 9.17) is 4.74 Å². The van der Waals surface area contributed by atoms with E-state index in [2.05, 4.69) is 46.8 Å². The Hall–Kier alpha value is -1.35. The highest BCUT2D eigenvalue weighted by Gasteiger charge is 2.18. The number of aliphatic imine (C=N–C) groups is 1. The van der Waals surface area contributed by atoms with Crippen LogP contribution in [0.1, 0.15) is 38.2 Å². The fraction of sp³-hybridized carbons (Fsp3) is 0.619. The van der Waals surface area contributed by atoms with Gasteiger partial charge in [-0.05, 0) is 38.2 Å². The fourth-order valence-corrected chi connectivity index (χ4v) is 3.05. The summed E-state index contributed by atoms with van der Waals surface area (Å²) < 4.78 is 5.71. The normalized spacial score (nSPS) is 14.1. The van der Waals surface area contributed by atoms with Crippen molar-refractivity contribution in [3.05, 3.63) is 35.9 Å². The van der Waals surface area contributed by atoms with E-state index < -0.39 is 0 Å². The number of nitrogens with zero attached hydrogens (tertiary/aromatic N) is 2. The first-order valence-corrected chi connectivity index (χ1v) is 10.2. The second kappa shape index (κ2) is 15.6. The number of likely N-dealkylation sites (tertiary alicyclic amines) is 1. The van der Waals surface area contributed by atoms with Gasteiger partial charge in [0.15, 0.2) is 5.96 Å². The molecule has 0 radical (unpaired) electrons. The molecule has 1 amide bonds. The van der Waals surface area contributed by atoms with Gasteiger partial charge in [0.05, 0.1) is 6.61 Å². The maximum atomic E-state index is 11.6. The highest BCUT2D eigenvalue weighted by molar-refractivity contribution is 14.0. The zero-order valence-corrected chi connectivity index (χ0v) is 19.3. The van der Waals surface area contributed by atoms with Gasteiger partial charge in [-0.15, -0.1) is 24.0 Å². The molecule has 28 heavy (non-hydrogen) atoms. The van der Waals surface area contributed by atoms with Gasteiger partial charge in [-0.3, -0.25) is 9.79 Å². The molecule has 2 N–H and O–H groups in total. The predicted molar refractivity (Wildman–Crippen MR) is 125 cm³/mol. The Kier molecular flexibility index (Phi) is 13.7. The summed E-state index contributed by atoms with van der Waals surface area (Å²) in [5.41, 5.74) is 1.31. The van der Waals surface area contributed by atoms with Crippen LogP contribution >= 0.6 is 24.0 Å². The molecule has 0 aromatic heterocycles. The topological polar surface area (TPSA) is 66.0 Å². The number of benzene rings is 1. The summed E-state index contributed by atoms with van der Waals surface area (Å²) in [6.07, 6.45) is 4.52. The van der Waals surface area contributed by atoms with E-state index in [1.54, 1.807) is 0 Å². The number of amides is 1. The molecule has 158 valence electrons. The van der Waals surface area contributed by atoms with Crippen LogP contribution in [-0.2, 0) is 16.0 Å². The van der Waals surface area contributed by atoms with Crippen LogP contribution in [-0.4, -0.2) is 62.7 Å². The smallest absolute Gasteiger partial charge is 0.222 e. The third kappa shape index (κ3) is 10.3. The number of carbonyl (C=O) groups excluding carboxylic acids is 1. The van der Waals surface area contributed by atoms with Crippen molar-refractivity contribution in [1.29, 1.82) is 0 Å². The van der Waals surface area contributed by atoms with Crippen LogP contribution in [0.5, 0.6) is 0 Å². The Labute approximate surface area is 186 Å². The van der Waals surface area contributed by atoms with E-state index in [-0.39, 0.29) is 29.9 Å². The number of ether oxygens (including phenoxy) is 1. The van der Waals surface area contributed by atoms with E-state index in [1.165, 1.54) is 5.56 Å². The molecular formula is C21H35IN4O2. The number of hydrogen-bond donors (Lipinski definition) is 2. The lowest BCUT2D eigenvalue weighted by atomic mass is 10.2. The number of carbonyl (C=O) groups is 1. The molecule has 6 nitrogen and oxygen atoms in total. The Morgan fingerprint density at radius 1 is 1.18 bits per heavy atom. The highest BCUT2D eigenvalue weighted by Crippen LogP contribution is 2.09. The zero-order valence-electron chi connectivity index (χ0n) is 17.0.